The van der Waals surface area contributed by atoms with Crippen molar-refractivity contribution in [2.45, 2.75) is 238 Å². The third kappa shape index (κ3) is 34.9. The van der Waals surface area contributed by atoms with Crippen LogP contribution >= 0.6 is 0 Å². The van der Waals surface area contributed by atoms with E-state index in [0.717, 1.165) is 57.8 Å². The first-order valence-corrected chi connectivity index (χ1v) is 21.9. The smallest absolute Gasteiger partial charge is 0.328 e. The average Bonchev–Trinajstić information content (AvgIpc) is 3.13. The number of hydrogen-bond acceptors (Lipinski definition) is 6. The molecule has 0 saturated heterocycles. The average molecular weight is 739 g/mol. The van der Waals surface area contributed by atoms with Crippen molar-refractivity contribution in [1.29, 1.82) is 0 Å². The lowest BCUT2D eigenvalue weighted by Crippen LogP contribution is -2.47. The number of aliphatic carboxylic acids is 1. The first-order chi connectivity index (χ1) is 25.3. The van der Waals surface area contributed by atoms with E-state index in [2.05, 4.69) is 24.5 Å². The number of esters is 1. The fourth-order valence-corrected chi connectivity index (χ4v) is 6.72. The van der Waals surface area contributed by atoms with Crippen molar-refractivity contribution in [2.24, 2.45) is 0 Å². The number of hydrogen-bond donors (Lipinski definition) is 4. The zero-order valence-corrected chi connectivity index (χ0v) is 33.8. The Morgan fingerprint density at radius 2 is 0.865 bits per heavy atom. The molecule has 0 heterocycles. The standard InChI is InChI=1S/C43H82N2O7/c1-3-5-7-9-11-13-14-15-16-17-18-20-21-24-28-32-38(52-42(49)35-31-27-22-19-12-10-8-6-4-2)33-29-25-23-26-30-34-40(47)44-36-41(48)45-39(37-46)43(50)51/h38-39,46H,3-37H2,1-2H3,(H,44,47)(H,45,48)(H,50,51). The van der Waals surface area contributed by atoms with Crippen molar-refractivity contribution in [2.75, 3.05) is 13.2 Å². The quantitative estimate of drug-likeness (QED) is 0.0362. The molecule has 0 aliphatic heterocycles. The van der Waals surface area contributed by atoms with Gasteiger partial charge in [0.05, 0.1) is 13.2 Å². The van der Waals surface area contributed by atoms with Gasteiger partial charge in [0.1, 0.15) is 12.1 Å². The molecule has 0 bridgehead atoms. The number of carboxylic acids is 1. The molecule has 0 saturated carbocycles. The van der Waals surface area contributed by atoms with E-state index in [-0.39, 0.29) is 24.5 Å². The molecule has 9 nitrogen and oxygen atoms in total. The highest BCUT2D eigenvalue weighted by molar-refractivity contribution is 5.87. The monoisotopic (exact) mass is 739 g/mol. The fraction of sp³-hybridized carbons (Fsp3) is 0.907. The molecule has 0 aliphatic rings. The molecule has 9 heteroatoms. The van der Waals surface area contributed by atoms with Gasteiger partial charge in [0.25, 0.3) is 0 Å². The van der Waals surface area contributed by atoms with Gasteiger partial charge < -0.3 is 25.6 Å². The summed E-state index contributed by atoms with van der Waals surface area (Å²) >= 11 is 0. The molecule has 4 N–H and O–H groups in total. The van der Waals surface area contributed by atoms with Crippen LogP contribution in [0.3, 0.4) is 0 Å². The SMILES string of the molecule is CCCCCCCCCCCCCCCCCC(CCCCCCCC(=O)NCC(=O)NC(CO)C(=O)O)OC(=O)CCCCCCCCCCC. The highest BCUT2D eigenvalue weighted by Gasteiger charge is 2.19. The summed E-state index contributed by atoms with van der Waals surface area (Å²) in [5.41, 5.74) is 0. The van der Waals surface area contributed by atoms with E-state index in [1.54, 1.807) is 0 Å². The second-order valence-corrected chi connectivity index (χ2v) is 15.2. The lowest BCUT2D eigenvalue weighted by atomic mass is 10.0. The van der Waals surface area contributed by atoms with Crippen LogP contribution in [0, 0.1) is 0 Å². The molecule has 0 fully saturated rings. The number of ether oxygens (including phenoxy) is 1. The Kier molecular flexibility index (Phi) is 37.0. The summed E-state index contributed by atoms with van der Waals surface area (Å²) in [6.07, 6.45) is 38.4. The van der Waals surface area contributed by atoms with Gasteiger partial charge in [-0.15, -0.1) is 0 Å². The lowest BCUT2D eigenvalue weighted by Gasteiger charge is -2.18. The van der Waals surface area contributed by atoms with Crippen LogP contribution in [0.5, 0.6) is 0 Å². The maximum absolute atomic E-state index is 12.7. The molecule has 2 atom stereocenters. The summed E-state index contributed by atoms with van der Waals surface area (Å²) in [6, 6.07) is -1.38. The molecule has 0 aromatic carbocycles. The van der Waals surface area contributed by atoms with Gasteiger partial charge in [0, 0.05) is 12.8 Å². The highest BCUT2D eigenvalue weighted by atomic mass is 16.5. The third-order valence-corrected chi connectivity index (χ3v) is 10.1. The topological polar surface area (TPSA) is 142 Å². The van der Waals surface area contributed by atoms with Crippen molar-refractivity contribution < 1.29 is 34.1 Å². The second kappa shape index (κ2) is 38.6. The summed E-state index contributed by atoms with van der Waals surface area (Å²) in [6.45, 7) is 3.49. The van der Waals surface area contributed by atoms with Crippen LogP contribution < -0.4 is 10.6 Å². The molecular weight excluding hydrogens is 656 g/mol. The Labute approximate surface area is 319 Å². The van der Waals surface area contributed by atoms with E-state index in [0.29, 0.717) is 19.3 Å². The minimum atomic E-state index is -1.38. The highest BCUT2D eigenvalue weighted by Crippen LogP contribution is 2.19. The van der Waals surface area contributed by atoms with Crippen LogP contribution in [-0.2, 0) is 23.9 Å². The van der Waals surface area contributed by atoms with E-state index in [4.69, 9.17) is 14.9 Å². The molecule has 2 amide bonds. The number of amides is 2. The number of carboxylic acid groups (broad SMARTS) is 1. The van der Waals surface area contributed by atoms with Crippen LogP contribution in [0.15, 0.2) is 0 Å². The predicted octanol–water partition coefficient (Wildman–Crippen LogP) is 10.5. The minimum absolute atomic E-state index is 0.00322. The van der Waals surface area contributed by atoms with E-state index in [9.17, 15) is 19.2 Å². The summed E-state index contributed by atoms with van der Waals surface area (Å²) in [5.74, 6) is -2.27. The van der Waals surface area contributed by atoms with Crippen molar-refractivity contribution in [1.82, 2.24) is 10.6 Å². The largest absolute Gasteiger partial charge is 0.480 e. The van der Waals surface area contributed by atoms with Gasteiger partial charge in [0.2, 0.25) is 11.8 Å². The molecule has 0 radical (unpaired) electrons. The molecular formula is C43H82N2O7. The van der Waals surface area contributed by atoms with Crippen LogP contribution in [0.2, 0.25) is 0 Å². The van der Waals surface area contributed by atoms with Crippen LogP contribution in [0.1, 0.15) is 226 Å². The number of unbranched alkanes of at least 4 members (excludes halogenated alkanes) is 26. The fourth-order valence-electron chi connectivity index (χ4n) is 6.72. The minimum Gasteiger partial charge on any atom is -0.480 e. The summed E-state index contributed by atoms with van der Waals surface area (Å²) < 4.78 is 6.02. The first-order valence-electron chi connectivity index (χ1n) is 21.9. The van der Waals surface area contributed by atoms with Gasteiger partial charge >= 0.3 is 11.9 Å². The second-order valence-electron chi connectivity index (χ2n) is 15.2. The Morgan fingerprint density at radius 3 is 1.25 bits per heavy atom. The zero-order valence-electron chi connectivity index (χ0n) is 33.8. The van der Waals surface area contributed by atoms with Crippen LogP contribution in [0.25, 0.3) is 0 Å². The van der Waals surface area contributed by atoms with Gasteiger partial charge in [-0.05, 0) is 38.5 Å². The van der Waals surface area contributed by atoms with Crippen molar-refractivity contribution in [3.8, 4) is 0 Å². The van der Waals surface area contributed by atoms with E-state index >= 15 is 0 Å². The molecule has 0 aromatic heterocycles. The Balaban J connectivity index is 4.25. The number of aliphatic hydroxyl groups is 1. The summed E-state index contributed by atoms with van der Waals surface area (Å²) in [7, 11) is 0. The van der Waals surface area contributed by atoms with Crippen LogP contribution in [0.4, 0.5) is 0 Å². The van der Waals surface area contributed by atoms with Crippen molar-refractivity contribution in [3.05, 3.63) is 0 Å². The number of aliphatic hydroxyl groups excluding tert-OH is 1. The maximum Gasteiger partial charge on any atom is 0.328 e. The van der Waals surface area contributed by atoms with E-state index < -0.39 is 24.5 Å². The molecule has 0 aliphatic carbocycles. The predicted molar refractivity (Wildman–Crippen MR) is 213 cm³/mol. The summed E-state index contributed by atoms with van der Waals surface area (Å²) in [5, 5.41) is 22.5. The zero-order chi connectivity index (χ0) is 38.3. The van der Waals surface area contributed by atoms with Crippen molar-refractivity contribution >= 4 is 23.8 Å². The first kappa shape index (κ1) is 49.8. The maximum atomic E-state index is 12.7. The Bertz CT molecular complexity index is 853. The van der Waals surface area contributed by atoms with E-state index in [1.165, 1.54) is 135 Å². The van der Waals surface area contributed by atoms with Gasteiger partial charge in [-0.2, -0.15) is 0 Å². The van der Waals surface area contributed by atoms with Crippen LogP contribution in [-0.4, -0.2) is 59.3 Å². The van der Waals surface area contributed by atoms with Gasteiger partial charge in [-0.3, -0.25) is 14.4 Å². The Hall–Kier alpha value is -2.16. The van der Waals surface area contributed by atoms with Gasteiger partial charge in [0.15, 0.2) is 0 Å². The Morgan fingerprint density at radius 1 is 0.500 bits per heavy atom. The number of carbonyl (C=O) groups is 4. The lowest BCUT2D eigenvalue weighted by molar-refractivity contribution is -0.150. The molecule has 0 aromatic rings. The molecule has 306 valence electrons. The van der Waals surface area contributed by atoms with Gasteiger partial charge in [-0.1, -0.05) is 174 Å². The number of carbonyl (C=O) groups excluding carboxylic acids is 3. The number of rotatable bonds is 40. The summed E-state index contributed by atoms with van der Waals surface area (Å²) in [4.78, 5) is 47.5. The molecule has 0 rings (SSSR count). The normalized spacial score (nSPS) is 12.4. The third-order valence-electron chi connectivity index (χ3n) is 10.1. The van der Waals surface area contributed by atoms with Crippen molar-refractivity contribution in [3.63, 3.8) is 0 Å². The van der Waals surface area contributed by atoms with Gasteiger partial charge in [-0.25, -0.2) is 4.79 Å². The molecule has 52 heavy (non-hydrogen) atoms. The molecule has 0 spiro atoms. The molecule has 2 unspecified atom stereocenters. The van der Waals surface area contributed by atoms with E-state index in [1.807, 2.05) is 0 Å². The number of nitrogens with one attached hydrogen (secondary N) is 2.